The molecule has 0 saturated heterocycles. The Morgan fingerprint density at radius 3 is 0.290 bits per heavy atom. The smallest absolute Gasteiger partial charge is 0.663 e. The average molecular weight is 485 g/mol. The molecule has 0 amide bonds. The molecule has 0 N–H and O–H groups in total. The van der Waals surface area contributed by atoms with Crippen LogP contribution in [-0.2, 0) is 17.4 Å². The summed E-state index contributed by atoms with van der Waals surface area (Å²) < 4.78 is 0. The summed E-state index contributed by atoms with van der Waals surface area (Å²) in [5.74, 6) is 0. The molecule has 31 heavy (non-hydrogen) atoms. The molecule has 0 rings (SSSR count). The number of rotatable bonds is 12. The molecule has 0 saturated carbocycles. The molecule has 6 nitrogen and oxygen atoms in total. The number of nitrogens with zero attached hydrogens (tertiary/aromatic N) is 6. The summed E-state index contributed by atoms with van der Waals surface area (Å²) in [6.07, 6.45) is 0. The van der Waals surface area contributed by atoms with Crippen LogP contribution in [0.3, 0.4) is 0 Å². The quantitative estimate of drug-likeness (QED) is 0.266. The van der Waals surface area contributed by atoms with Gasteiger partial charge in [-0.2, -0.15) is 78.5 Å². The van der Waals surface area contributed by atoms with Gasteiger partial charge in [-0.1, -0.05) is 83.1 Å². The SMILES string of the molecule is CC[N-]CC.CC[N-]CC.CC[N-]CC.CC[N-]CC.CC[N-]CC.CC[N-]CC.[Cr+6]. The minimum atomic E-state index is 0. The van der Waals surface area contributed by atoms with E-state index in [1.165, 1.54) is 0 Å². The van der Waals surface area contributed by atoms with Crippen LogP contribution in [0.25, 0.3) is 31.9 Å². The fraction of sp³-hybridized carbons (Fsp3) is 1.00. The van der Waals surface area contributed by atoms with Crippen LogP contribution in [0.2, 0.25) is 0 Å². The Hall–Kier alpha value is 0.292. The normalized spacial score (nSPS) is 8.13. The third-order valence-corrected chi connectivity index (χ3v) is 2.68. The van der Waals surface area contributed by atoms with E-state index in [0.29, 0.717) is 0 Å². The summed E-state index contributed by atoms with van der Waals surface area (Å²) >= 11 is 0. The van der Waals surface area contributed by atoms with Gasteiger partial charge in [0.15, 0.2) is 0 Å². The van der Waals surface area contributed by atoms with Gasteiger partial charge < -0.3 is 31.9 Å². The van der Waals surface area contributed by atoms with Gasteiger partial charge in [-0.15, -0.1) is 0 Å². The van der Waals surface area contributed by atoms with E-state index < -0.39 is 0 Å². The first-order valence-corrected chi connectivity index (χ1v) is 12.3. The van der Waals surface area contributed by atoms with Gasteiger partial charge in [0.05, 0.1) is 0 Å². The van der Waals surface area contributed by atoms with Crippen molar-refractivity contribution >= 4 is 0 Å². The molecule has 0 aliphatic heterocycles. The van der Waals surface area contributed by atoms with E-state index in [-0.39, 0.29) is 17.4 Å². The Morgan fingerprint density at radius 2 is 0.290 bits per heavy atom. The summed E-state index contributed by atoms with van der Waals surface area (Å²) in [4.78, 5) is 0. The molecule has 7 heteroatoms. The van der Waals surface area contributed by atoms with E-state index in [1.807, 2.05) is 83.1 Å². The predicted octanol–water partition coefficient (Wildman–Crippen LogP) is 8.40. The molecule has 0 unspecified atom stereocenters. The molecule has 0 atom stereocenters. The van der Waals surface area contributed by atoms with Crippen LogP contribution in [0.5, 0.6) is 0 Å². The van der Waals surface area contributed by atoms with E-state index >= 15 is 0 Å². The van der Waals surface area contributed by atoms with Gasteiger partial charge >= 0.3 is 17.4 Å². The van der Waals surface area contributed by atoms with Crippen molar-refractivity contribution in [3.8, 4) is 0 Å². The Labute approximate surface area is 210 Å². The van der Waals surface area contributed by atoms with Crippen molar-refractivity contribution in [3.05, 3.63) is 31.9 Å². The van der Waals surface area contributed by atoms with Crippen molar-refractivity contribution in [2.45, 2.75) is 83.1 Å². The number of hydrogen-bond donors (Lipinski definition) is 0. The van der Waals surface area contributed by atoms with E-state index in [1.54, 1.807) is 0 Å². The third kappa shape index (κ3) is 160. The molecular weight excluding hydrogens is 424 g/mol. The molecular formula is C24H60CrN6. The Bertz CT molecular complexity index is 120. The van der Waals surface area contributed by atoms with Crippen LogP contribution in [0.1, 0.15) is 83.1 Å². The first-order valence-electron chi connectivity index (χ1n) is 12.3. The molecule has 0 aromatic heterocycles. The number of hydrogen-bond acceptors (Lipinski definition) is 0. The molecule has 0 spiro atoms. The summed E-state index contributed by atoms with van der Waals surface area (Å²) in [6, 6.07) is 0. The molecule has 0 radical (unpaired) electrons. The fourth-order valence-corrected chi connectivity index (χ4v) is 1.34. The monoisotopic (exact) mass is 484 g/mol. The zero-order chi connectivity index (χ0) is 24.7. The first-order chi connectivity index (χ1) is 14.5. The van der Waals surface area contributed by atoms with E-state index in [0.717, 1.165) is 78.5 Å². The Morgan fingerprint density at radius 1 is 0.226 bits per heavy atom. The largest absolute Gasteiger partial charge is 6.00 e. The zero-order valence-electron chi connectivity index (χ0n) is 23.6. The molecule has 0 fully saturated rings. The molecule has 0 heterocycles. The fourth-order valence-electron chi connectivity index (χ4n) is 1.34. The van der Waals surface area contributed by atoms with Crippen LogP contribution >= 0.6 is 0 Å². The van der Waals surface area contributed by atoms with Crippen molar-refractivity contribution in [2.24, 2.45) is 0 Å². The molecule has 0 aliphatic carbocycles. The second-order valence-corrected chi connectivity index (χ2v) is 5.14. The maximum atomic E-state index is 3.97. The van der Waals surface area contributed by atoms with Crippen LogP contribution < -0.4 is 0 Å². The van der Waals surface area contributed by atoms with Gasteiger partial charge in [-0.25, -0.2) is 0 Å². The van der Waals surface area contributed by atoms with Crippen molar-refractivity contribution in [3.63, 3.8) is 0 Å². The van der Waals surface area contributed by atoms with E-state index in [4.69, 9.17) is 0 Å². The first kappa shape index (κ1) is 48.7. The van der Waals surface area contributed by atoms with Crippen LogP contribution in [0.4, 0.5) is 0 Å². The van der Waals surface area contributed by atoms with Gasteiger partial charge in [0.2, 0.25) is 0 Å². The van der Waals surface area contributed by atoms with Crippen molar-refractivity contribution in [1.82, 2.24) is 0 Å². The molecule has 192 valence electrons. The zero-order valence-corrected chi connectivity index (χ0v) is 24.9. The topological polar surface area (TPSA) is 84.6 Å². The standard InChI is InChI=1S/6C4H10N.Cr/c6*1-3-5-4-2;/h6*3-4H2,1-2H3;/q6*-1;+6. The van der Waals surface area contributed by atoms with Crippen LogP contribution in [0, 0.1) is 0 Å². The summed E-state index contributed by atoms with van der Waals surface area (Å²) in [6.45, 7) is 36.2. The Kier molecular flexibility index (Phi) is 122. The van der Waals surface area contributed by atoms with Crippen LogP contribution in [-0.4, -0.2) is 78.5 Å². The summed E-state index contributed by atoms with van der Waals surface area (Å²) in [7, 11) is 0. The van der Waals surface area contributed by atoms with Gasteiger partial charge in [0.25, 0.3) is 0 Å². The van der Waals surface area contributed by atoms with Gasteiger partial charge in [-0.05, 0) is 0 Å². The minimum Gasteiger partial charge on any atom is -0.663 e. The van der Waals surface area contributed by atoms with E-state index in [9.17, 15) is 0 Å². The second kappa shape index (κ2) is 77.7. The molecule has 0 aromatic carbocycles. The molecule has 0 bridgehead atoms. The van der Waals surface area contributed by atoms with Crippen molar-refractivity contribution < 1.29 is 17.4 Å². The van der Waals surface area contributed by atoms with E-state index in [2.05, 4.69) is 31.9 Å². The predicted molar refractivity (Wildman–Crippen MR) is 147 cm³/mol. The second-order valence-electron chi connectivity index (χ2n) is 5.14. The minimum absolute atomic E-state index is 0. The summed E-state index contributed by atoms with van der Waals surface area (Å²) in [5.41, 5.74) is 0. The molecule has 0 aliphatic rings. The third-order valence-electron chi connectivity index (χ3n) is 2.68. The Balaban J connectivity index is -0.0000000443. The maximum Gasteiger partial charge on any atom is 6.00 e. The summed E-state index contributed by atoms with van der Waals surface area (Å²) in [5, 5.41) is 23.8. The van der Waals surface area contributed by atoms with Crippen molar-refractivity contribution in [2.75, 3.05) is 78.5 Å². The van der Waals surface area contributed by atoms with Crippen LogP contribution in [0.15, 0.2) is 0 Å². The van der Waals surface area contributed by atoms with Gasteiger partial charge in [-0.3, -0.25) is 0 Å². The molecule has 0 aromatic rings. The maximum absolute atomic E-state index is 3.97. The van der Waals surface area contributed by atoms with Crippen molar-refractivity contribution in [1.29, 1.82) is 0 Å². The average Bonchev–Trinajstić information content (AvgIpc) is 2.74. The van der Waals surface area contributed by atoms with Gasteiger partial charge in [0, 0.05) is 0 Å². The van der Waals surface area contributed by atoms with Gasteiger partial charge in [0.1, 0.15) is 0 Å².